The molecule has 0 heterocycles. The molecule has 0 amide bonds. The highest BCUT2D eigenvalue weighted by molar-refractivity contribution is 5.25. The molecule has 3 N–H and O–H groups in total. The van der Waals surface area contributed by atoms with Crippen molar-refractivity contribution in [2.45, 2.75) is 25.5 Å². The van der Waals surface area contributed by atoms with E-state index in [2.05, 4.69) is 0 Å². The number of aliphatic hydroxyl groups excluding tert-OH is 1. The first-order chi connectivity index (χ1) is 6.31. The Kier molecular flexibility index (Phi) is 2.34. The predicted octanol–water partition coefficient (Wildman–Crippen LogP) is 1.59. The summed E-state index contributed by atoms with van der Waals surface area (Å²) in [5.74, 6) is 0.694. The lowest BCUT2D eigenvalue weighted by molar-refractivity contribution is 0.282. The fourth-order valence-corrected chi connectivity index (χ4v) is 1.57. The summed E-state index contributed by atoms with van der Waals surface area (Å²) in [4.78, 5) is 0. The average Bonchev–Trinajstić information content (AvgIpc) is 3.00. The molecule has 0 spiro atoms. The molecule has 2 nitrogen and oxygen atoms in total. The Morgan fingerprint density at radius 2 is 1.92 bits per heavy atom. The summed E-state index contributed by atoms with van der Waals surface area (Å²) in [5, 5.41) is 8.86. The zero-order chi connectivity index (χ0) is 9.26. The van der Waals surface area contributed by atoms with Crippen molar-refractivity contribution >= 4 is 0 Å². The van der Waals surface area contributed by atoms with Gasteiger partial charge in [-0.05, 0) is 29.9 Å². The van der Waals surface area contributed by atoms with Crippen LogP contribution in [0.25, 0.3) is 0 Å². The van der Waals surface area contributed by atoms with Crippen LogP contribution >= 0.6 is 0 Å². The van der Waals surface area contributed by atoms with Crippen molar-refractivity contribution < 1.29 is 5.11 Å². The minimum absolute atomic E-state index is 0.110. The van der Waals surface area contributed by atoms with Crippen LogP contribution in [-0.2, 0) is 6.61 Å². The molecule has 1 aliphatic rings. The van der Waals surface area contributed by atoms with Crippen LogP contribution in [0.15, 0.2) is 24.3 Å². The fourth-order valence-electron chi connectivity index (χ4n) is 1.57. The van der Waals surface area contributed by atoms with Crippen molar-refractivity contribution in [2.75, 3.05) is 0 Å². The minimum atomic E-state index is 0.110. The van der Waals surface area contributed by atoms with E-state index in [1.54, 1.807) is 0 Å². The highest BCUT2D eigenvalue weighted by Crippen LogP contribution is 2.39. The van der Waals surface area contributed by atoms with E-state index in [0.29, 0.717) is 5.92 Å². The average molecular weight is 177 g/mol. The smallest absolute Gasteiger partial charge is 0.0681 e. The first kappa shape index (κ1) is 8.73. The molecule has 1 atom stereocenters. The molecule has 0 unspecified atom stereocenters. The van der Waals surface area contributed by atoms with E-state index in [1.807, 2.05) is 24.3 Å². The standard InChI is InChI=1S/C11H15NO/c12-11(10-5-6-10)9-3-1-8(7-13)2-4-9/h1-4,10-11,13H,5-7,12H2/t11-/m1/s1. The van der Waals surface area contributed by atoms with Crippen molar-refractivity contribution in [3.05, 3.63) is 35.4 Å². The van der Waals surface area contributed by atoms with Crippen LogP contribution in [0.5, 0.6) is 0 Å². The maximum Gasteiger partial charge on any atom is 0.0681 e. The van der Waals surface area contributed by atoms with E-state index in [-0.39, 0.29) is 12.6 Å². The van der Waals surface area contributed by atoms with E-state index < -0.39 is 0 Å². The molecular weight excluding hydrogens is 162 g/mol. The van der Waals surface area contributed by atoms with Gasteiger partial charge in [0.05, 0.1) is 6.61 Å². The van der Waals surface area contributed by atoms with E-state index >= 15 is 0 Å². The monoisotopic (exact) mass is 177 g/mol. The third-order valence-electron chi connectivity index (χ3n) is 2.68. The van der Waals surface area contributed by atoms with Crippen LogP contribution < -0.4 is 5.73 Å². The molecule has 0 aliphatic heterocycles. The van der Waals surface area contributed by atoms with E-state index in [4.69, 9.17) is 10.8 Å². The maximum atomic E-state index is 8.86. The molecule has 0 bridgehead atoms. The molecule has 1 aromatic rings. The van der Waals surface area contributed by atoms with Crippen LogP contribution in [0.1, 0.15) is 30.0 Å². The lowest BCUT2D eigenvalue weighted by Crippen LogP contribution is -2.12. The van der Waals surface area contributed by atoms with Gasteiger partial charge >= 0.3 is 0 Å². The van der Waals surface area contributed by atoms with Gasteiger partial charge in [-0.3, -0.25) is 0 Å². The summed E-state index contributed by atoms with van der Waals surface area (Å²) in [6, 6.07) is 8.13. The lowest BCUT2D eigenvalue weighted by Gasteiger charge is -2.10. The largest absolute Gasteiger partial charge is 0.392 e. The second-order valence-corrected chi connectivity index (χ2v) is 3.76. The summed E-state index contributed by atoms with van der Waals surface area (Å²) < 4.78 is 0. The van der Waals surface area contributed by atoms with E-state index in [9.17, 15) is 0 Å². The quantitative estimate of drug-likeness (QED) is 0.736. The molecule has 0 saturated heterocycles. The molecule has 1 fully saturated rings. The van der Waals surface area contributed by atoms with Crippen molar-refractivity contribution in [1.82, 2.24) is 0 Å². The summed E-state index contributed by atoms with van der Waals surface area (Å²) in [6.07, 6.45) is 2.53. The van der Waals surface area contributed by atoms with Gasteiger partial charge in [-0.25, -0.2) is 0 Å². The normalized spacial score (nSPS) is 18.6. The van der Waals surface area contributed by atoms with Crippen LogP contribution in [0, 0.1) is 5.92 Å². The SMILES string of the molecule is N[C@H](c1ccc(CO)cc1)C1CC1. The minimum Gasteiger partial charge on any atom is -0.392 e. The van der Waals surface area contributed by atoms with Crippen LogP contribution in [0.4, 0.5) is 0 Å². The molecule has 70 valence electrons. The number of nitrogens with two attached hydrogens (primary N) is 1. The molecule has 0 radical (unpaired) electrons. The Morgan fingerprint density at radius 1 is 1.31 bits per heavy atom. The Balaban J connectivity index is 2.11. The number of aliphatic hydroxyl groups is 1. The Morgan fingerprint density at radius 3 is 2.38 bits per heavy atom. The number of hydrogen-bond donors (Lipinski definition) is 2. The van der Waals surface area contributed by atoms with Gasteiger partial charge in [0, 0.05) is 6.04 Å². The molecular formula is C11H15NO. The van der Waals surface area contributed by atoms with Gasteiger partial charge in [-0.2, -0.15) is 0 Å². The van der Waals surface area contributed by atoms with Crippen molar-refractivity contribution in [3.63, 3.8) is 0 Å². The number of rotatable bonds is 3. The molecule has 13 heavy (non-hydrogen) atoms. The second kappa shape index (κ2) is 3.48. The van der Waals surface area contributed by atoms with Gasteiger partial charge in [-0.15, -0.1) is 0 Å². The highest BCUT2D eigenvalue weighted by atomic mass is 16.3. The maximum absolute atomic E-state index is 8.86. The first-order valence-electron chi connectivity index (χ1n) is 4.76. The van der Waals surface area contributed by atoms with Crippen LogP contribution in [0.2, 0.25) is 0 Å². The zero-order valence-electron chi connectivity index (χ0n) is 7.61. The van der Waals surface area contributed by atoms with Crippen LogP contribution in [0.3, 0.4) is 0 Å². The summed E-state index contributed by atoms with van der Waals surface area (Å²) in [6.45, 7) is 0.110. The van der Waals surface area contributed by atoms with Gasteiger partial charge in [0.1, 0.15) is 0 Å². The van der Waals surface area contributed by atoms with E-state index in [1.165, 1.54) is 18.4 Å². The fraction of sp³-hybridized carbons (Fsp3) is 0.455. The first-order valence-corrected chi connectivity index (χ1v) is 4.76. The topological polar surface area (TPSA) is 46.2 Å². The van der Waals surface area contributed by atoms with Gasteiger partial charge in [0.15, 0.2) is 0 Å². The Bertz CT molecular complexity index is 277. The summed E-state index contributed by atoms with van der Waals surface area (Å²) in [7, 11) is 0. The third kappa shape index (κ3) is 1.90. The lowest BCUT2D eigenvalue weighted by atomic mass is 10.0. The van der Waals surface area contributed by atoms with Crippen LogP contribution in [-0.4, -0.2) is 5.11 Å². The van der Waals surface area contributed by atoms with E-state index in [0.717, 1.165) is 5.56 Å². The van der Waals surface area contributed by atoms with Gasteiger partial charge in [0.25, 0.3) is 0 Å². The number of hydrogen-bond acceptors (Lipinski definition) is 2. The third-order valence-corrected chi connectivity index (χ3v) is 2.68. The molecule has 0 aromatic heterocycles. The number of benzene rings is 1. The summed E-state index contributed by atoms with van der Waals surface area (Å²) >= 11 is 0. The van der Waals surface area contributed by atoms with Gasteiger partial charge in [0.2, 0.25) is 0 Å². The molecule has 2 rings (SSSR count). The predicted molar refractivity (Wildman–Crippen MR) is 52.0 cm³/mol. The zero-order valence-corrected chi connectivity index (χ0v) is 7.61. The summed E-state index contributed by atoms with van der Waals surface area (Å²) in [5.41, 5.74) is 8.17. The van der Waals surface area contributed by atoms with Gasteiger partial charge < -0.3 is 10.8 Å². The highest BCUT2D eigenvalue weighted by Gasteiger charge is 2.29. The second-order valence-electron chi connectivity index (χ2n) is 3.76. The molecule has 1 aliphatic carbocycles. The molecule has 1 saturated carbocycles. The van der Waals surface area contributed by atoms with Gasteiger partial charge in [-0.1, -0.05) is 24.3 Å². The Labute approximate surface area is 78.4 Å². The molecule has 2 heteroatoms. The van der Waals surface area contributed by atoms with Crippen molar-refractivity contribution in [3.8, 4) is 0 Å². The van der Waals surface area contributed by atoms with Crippen molar-refractivity contribution in [1.29, 1.82) is 0 Å². The van der Waals surface area contributed by atoms with Crippen molar-refractivity contribution in [2.24, 2.45) is 11.7 Å². The molecule has 1 aromatic carbocycles. The Hall–Kier alpha value is -0.860.